The number of nitrogens with two attached hydrogens (primary N) is 1. The number of nitrogens with zero attached hydrogens (tertiary/aromatic N) is 1. The molecule has 0 amide bonds. The molecule has 4 heteroatoms. The van der Waals surface area contributed by atoms with Gasteiger partial charge in [0.25, 0.3) is 0 Å². The van der Waals surface area contributed by atoms with E-state index >= 15 is 0 Å². The molecule has 0 bridgehead atoms. The Kier molecular flexibility index (Phi) is 8.33. The van der Waals surface area contributed by atoms with Crippen LogP contribution in [0.15, 0.2) is 182 Å². The lowest BCUT2D eigenvalue weighted by atomic mass is 9.84. The molecule has 1 aliphatic carbocycles. The molecule has 9 rings (SSSR count). The van der Waals surface area contributed by atoms with Crippen LogP contribution in [-0.2, 0) is 0 Å². The van der Waals surface area contributed by atoms with E-state index in [4.69, 9.17) is 16.6 Å². The maximum Gasteiger partial charge on any atom is 0.0795 e. The second kappa shape index (κ2) is 13.5. The van der Waals surface area contributed by atoms with Crippen LogP contribution in [0.2, 0.25) is 0 Å². The van der Waals surface area contributed by atoms with Crippen LogP contribution in [-0.4, -0.2) is 16.4 Å². The molecule has 0 fully saturated rings. The third-order valence-corrected chi connectivity index (χ3v) is 9.39. The zero-order chi connectivity index (χ0) is 34.7. The number of hydrogen-bond donors (Lipinski definition) is 3. The maximum atomic E-state index is 8.12. The molecule has 0 saturated carbocycles. The van der Waals surface area contributed by atoms with Gasteiger partial charge in [0.2, 0.25) is 0 Å². The summed E-state index contributed by atoms with van der Waals surface area (Å²) in [5, 5.41) is 23.2. The van der Waals surface area contributed by atoms with Crippen molar-refractivity contribution in [2.75, 3.05) is 5.73 Å². The number of anilines is 1. The first-order chi connectivity index (χ1) is 25.0. The number of nitrogen functional groups attached to an aromatic ring is 1. The number of aromatic nitrogens is 1. The standard InChI is InChI=1S/C32H22N2.C15H12N2/c33-29-18-16-24(20-30(29)34)23-15-17-27-28(19-23)32(22-11-5-2-6-12-22)26-14-8-7-13-25(26)31(27)21-9-3-1-4-10-21;16-13-7-5-11(6-8-13)15-10-17-9-12-3-1-2-4-14(12)15/h1-20,33-34H;1-10H,16H2. The first-order valence-electron chi connectivity index (χ1n) is 16.9. The predicted molar refractivity (Wildman–Crippen MR) is 216 cm³/mol. The van der Waals surface area contributed by atoms with Gasteiger partial charge in [-0.2, -0.15) is 0 Å². The molecule has 0 radical (unpaired) electrons. The largest absolute Gasteiger partial charge is 0.399 e. The Hall–Kier alpha value is -6.91. The zero-order valence-corrected chi connectivity index (χ0v) is 27.8. The maximum absolute atomic E-state index is 8.12. The first-order valence-corrected chi connectivity index (χ1v) is 16.9. The number of benzene rings is 7. The Morgan fingerprint density at radius 3 is 1.63 bits per heavy atom. The minimum Gasteiger partial charge on any atom is -0.399 e. The third kappa shape index (κ3) is 6.11. The normalized spacial score (nSPS) is 12.5. The number of fused-ring (bicyclic) bond motifs is 3. The Morgan fingerprint density at radius 2 is 0.980 bits per heavy atom. The fourth-order valence-corrected chi connectivity index (χ4v) is 6.92. The smallest absolute Gasteiger partial charge is 0.0795 e. The fourth-order valence-electron chi connectivity index (χ4n) is 6.92. The minimum atomic E-state index is 0.240. The summed E-state index contributed by atoms with van der Waals surface area (Å²) in [5.41, 5.74) is 16.1. The zero-order valence-electron chi connectivity index (χ0n) is 27.8. The lowest BCUT2D eigenvalue weighted by Gasteiger charge is -2.19. The first kappa shape index (κ1) is 31.4. The van der Waals surface area contributed by atoms with E-state index in [2.05, 4.69) is 120 Å². The summed E-state index contributed by atoms with van der Waals surface area (Å²) in [6.45, 7) is 0. The van der Waals surface area contributed by atoms with Crippen molar-refractivity contribution in [3.63, 3.8) is 0 Å². The van der Waals surface area contributed by atoms with E-state index in [9.17, 15) is 0 Å². The highest BCUT2D eigenvalue weighted by molar-refractivity contribution is 6.50. The molecule has 0 atom stereocenters. The third-order valence-electron chi connectivity index (χ3n) is 9.39. The van der Waals surface area contributed by atoms with Crippen molar-refractivity contribution in [1.82, 2.24) is 4.98 Å². The summed E-state index contributed by atoms with van der Waals surface area (Å²) in [5.74, 6) is 0. The fraction of sp³-hybridized carbons (Fsp3) is 0. The molecule has 8 aromatic rings. The molecular formula is C47H34N4. The summed E-state index contributed by atoms with van der Waals surface area (Å²) in [6, 6.07) is 52.6. The molecule has 242 valence electrons. The Bertz CT molecular complexity index is 2650. The highest BCUT2D eigenvalue weighted by Crippen LogP contribution is 2.44. The molecule has 7 aromatic carbocycles. The summed E-state index contributed by atoms with van der Waals surface area (Å²) >= 11 is 0. The molecule has 4 N–H and O–H groups in total. The van der Waals surface area contributed by atoms with Gasteiger partial charge < -0.3 is 5.73 Å². The number of nitrogens with one attached hydrogen (secondary N) is 2. The summed E-state index contributed by atoms with van der Waals surface area (Å²) < 4.78 is 0. The van der Waals surface area contributed by atoms with Crippen molar-refractivity contribution in [3.8, 4) is 33.4 Å². The molecular weight excluding hydrogens is 621 g/mol. The van der Waals surface area contributed by atoms with E-state index in [1.54, 1.807) is 12.2 Å². The predicted octanol–water partition coefficient (Wildman–Crippen LogP) is 11.8. The second-order valence-corrected chi connectivity index (χ2v) is 12.6. The molecule has 4 nitrogen and oxygen atoms in total. The molecule has 0 aliphatic heterocycles. The molecule has 0 spiro atoms. The van der Waals surface area contributed by atoms with Crippen LogP contribution in [0.1, 0.15) is 5.56 Å². The van der Waals surface area contributed by atoms with Crippen LogP contribution < -0.4 is 5.73 Å². The lowest BCUT2D eigenvalue weighted by molar-refractivity contribution is 1.36. The van der Waals surface area contributed by atoms with Crippen molar-refractivity contribution in [1.29, 1.82) is 10.8 Å². The van der Waals surface area contributed by atoms with E-state index in [0.717, 1.165) is 33.3 Å². The average Bonchev–Trinajstić information content (AvgIpc) is 3.19. The summed E-state index contributed by atoms with van der Waals surface area (Å²) in [7, 11) is 0. The van der Waals surface area contributed by atoms with E-state index in [1.807, 2.05) is 54.9 Å². The van der Waals surface area contributed by atoms with Gasteiger partial charge in [0, 0.05) is 29.0 Å². The highest BCUT2D eigenvalue weighted by Gasteiger charge is 2.18. The molecule has 0 saturated heterocycles. The molecule has 51 heavy (non-hydrogen) atoms. The van der Waals surface area contributed by atoms with E-state index in [-0.39, 0.29) is 11.4 Å². The van der Waals surface area contributed by atoms with Crippen LogP contribution in [0.25, 0.3) is 71.3 Å². The van der Waals surface area contributed by atoms with Crippen molar-refractivity contribution in [2.24, 2.45) is 0 Å². The Labute approximate surface area is 296 Å². The molecule has 0 unspecified atom stereocenters. The van der Waals surface area contributed by atoms with Gasteiger partial charge in [-0.25, -0.2) is 0 Å². The van der Waals surface area contributed by atoms with Crippen molar-refractivity contribution in [3.05, 3.63) is 188 Å². The topological polar surface area (TPSA) is 86.6 Å². The van der Waals surface area contributed by atoms with Gasteiger partial charge >= 0.3 is 0 Å². The Balaban J connectivity index is 0.000000184. The van der Waals surface area contributed by atoms with Crippen LogP contribution in [0, 0.1) is 10.8 Å². The molecule has 1 aromatic heterocycles. The minimum absolute atomic E-state index is 0.240. The molecule has 1 heterocycles. The SMILES string of the molecule is N=C1C=CC(c2ccc3c(-c4ccccc4)c4ccccc4c(-c4ccccc4)c3c2)=CC1=N.Nc1ccc(-c2cncc3ccccc23)cc1. The van der Waals surface area contributed by atoms with Gasteiger partial charge in [-0.3, -0.25) is 15.8 Å². The van der Waals surface area contributed by atoms with Gasteiger partial charge in [0.1, 0.15) is 0 Å². The number of pyridine rings is 1. The number of hydrogen-bond acceptors (Lipinski definition) is 4. The second-order valence-electron chi connectivity index (χ2n) is 12.6. The Morgan fingerprint density at radius 1 is 0.431 bits per heavy atom. The quantitative estimate of drug-likeness (QED) is 0.100. The summed E-state index contributed by atoms with van der Waals surface area (Å²) in [6.07, 6.45) is 9.20. The van der Waals surface area contributed by atoms with Crippen molar-refractivity contribution in [2.45, 2.75) is 0 Å². The summed E-state index contributed by atoms with van der Waals surface area (Å²) in [4.78, 5) is 4.28. The van der Waals surface area contributed by atoms with Gasteiger partial charge in [0.05, 0.1) is 11.4 Å². The van der Waals surface area contributed by atoms with E-state index in [1.165, 1.54) is 49.2 Å². The number of rotatable bonds is 4. The number of allylic oxidation sites excluding steroid dienone is 4. The van der Waals surface area contributed by atoms with Crippen LogP contribution >= 0.6 is 0 Å². The average molecular weight is 655 g/mol. The van der Waals surface area contributed by atoms with Crippen molar-refractivity contribution >= 4 is 55.0 Å². The van der Waals surface area contributed by atoms with E-state index in [0.29, 0.717) is 0 Å². The van der Waals surface area contributed by atoms with Crippen LogP contribution in [0.5, 0.6) is 0 Å². The highest BCUT2D eigenvalue weighted by atomic mass is 14.6. The van der Waals surface area contributed by atoms with Gasteiger partial charge in [0.15, 0.2) is 0 Å². The van der Waals surface area contributed by atoms with Gasteiger partial charge in [-0.05, 0) is 96.2 Å². The lowest BCUT2D eigenvalue weighted by Crippen LogP contribution is -2.09. The van der Waals surface area contributed by atoms with Crippen LogP contribution in [0.3, 0.4) is 0 Å². The van der Waals surface area contributed by atoms with Gasteiger partial charge in [-0.1, -0.05) is 140 Å². The molecule has 1 aliphatic rings. The van der Waals surface area contributed by atoms with E-state index < -0.39 is 0 Å². The van der Waals surface area contributed by atoms with Crippen molar-refractivity contribution < 1.29 is 0 Å². The van der Waals surface area contributed by atoms with Gasteiger partial charge in [-0.15, -0.1) is 0 Å². The monoisotopic (exact) mass is 654 g/mol. The van der Waals surface area contributed by atoms with Crippen LogP contribution in [0.4, 0.5) is 5.69 Å².